The minimum Gasteiger partial charge on any atom is -0.393 e. The second-order valence-corrected chi connectivity index (χ2v) is 3.90. The Kier molecular flexibility index (Phi) is 2.56. The Labute approximate surface area is 82.4 Å². The lowest BCUT2D eigenvalue weighted by atomic mass is 9.93. The van der Waals surface area contributed by atoms with E-state index in [1.54, 1.807) is 6.20 Å². The summed E-state index contributed by atoms with van der Waals surface area (Å²) < 4.78 is 1.99. The maximum absolute atomic E-state index is 9.34. The molecule has 0 spiro atoms. The summed E-state index contributed by atoms with van der Waals surface area (Å²) in [5.74, 6) is 0. The van der Waals surface area contributed by atoms with Crippen LogP contribution in [0.15, 0.2) is 12.4 Å². The van der Waals surface area contributed by atoms with Crippen molar-refractivity contribution < 1.29 is 5.11 Å². The highest BCUT2D eigenvalue weighted by Crippen LogP contribution is 2.30. The van der Waals surface area contributed by atoms with Crippen LogP contribution in [0.3, 0.4) is 0 Å². The molecule has 0 bridgehead atoms. The number of halogens is 1. The van der Waals surface area contributed by atoms with E-state index in [-0.39, 0.29) is 6.10 Å². The summed E-state index contributed by atoms with van der Waals surface area (Å²) in [5, 5.41) is 9.89. The van der Waals surface area contributed by atoms with E-state index in [1.165, 1.54) is 0 Å². The highest BCUT2D eigenvalue weighted by atomic mass is 35.5. The zero-order chi connectivity index (χ0) is 9.26. The molecule has 72 valence electrons. The van der Waals surface area contributed by atoms with Crippen molar-refractivity contribution in [2.75, 3.05) is 0 Å². The molecule has 4 heteroatoms. The molecule has 1 N–H and O–H groups in total. The van der Waals surface area contributed by atoms with Crippen LogP contribution in [0.1, 0.15) is 31.7 Å². The van der Waals surface area contributed by atoms with Crippen LogP contribution < -0.4 is 0 Å². The fourth-order valence-electron chi connectivity index (χ4n) is 1.90. The Hall–Kier alpha value is -0.540. The van der Waals surface area contributed by atoms with E-state index in [4.69, 9.17) is 11.6 Å². The van der Waals surface area contributed by atoms with Gasteiger partial charge in [-0.3, -0.25) is 0 Å². The van der Waals surface area contributed by atoms with E-state index >= 15 is 0 Å². The number of rotatable bonds is 1. The molecule has 0 saturated heterocycles. The Morgan fingerprint density at radius 1 is 1.38 bits per heavy atom. The summed E-state index contributed by atoms with van der Waals surface area (Å²) in [4.78, 5) is 3.98. The average molecular weight is 201 g/mol. The first kappa shape index (κ1) is 9.03. The van der Waals surface area contributed by atoms with Gasteiger partial charge in [0, 0.05) is 18.4 Å². The zero-order valence-electron chi connectivity index (χ0n) is 7.36. The average Bonchev–Trinajstić information content (AvgIpc) is 2.53. The third kappa shape index (κ3) is 1.86. The first-order chi connectivity index (χ1) is 6.27. The minimum atomic E-state index is -0.112. The summed E-state index contributed by atoms with van der Waals surface area (Å²) in [7, 11) is 0. The fourth-order valence-corrected chi connectivity index (χ4v) is 2.15. The van der Waals surface area contributed by atoms with E-state index in [9.17, 15) is 5.11 Å². The van der Waals surface area contributed by atoms with Gasteiger partial charge >= 0.3 is 0 Å². The van der Waals surface area contributed by atoms with E-state index in [0.29, 0.717) is 11.3 Å². The molecule has 1 fully saturated rings. The Morgan fingerprint density at radius 3 is 2.62 bits per heavy atom. The van der Waals surface area contributed by atoms with E-state index in [2.05, 4.69) is 4.98 Å². The SMILES string of the molecule is OC1CCC(n2ccnc2Cl)CC1. The maximum Gasteiger partial charge on any atom is 0.202 e. The normalized spacial score (nSPS) is 29.1. The van der Waals surface area contributed by atoms with Crippen LogP contribution in [0, 0.1) is 0 Å². The molecule has 1 aromatic rings. The summed E-state index contributed by atoms with van der Waals surface area (Å²) in [6.07, 6.45) is 7.25. The number of aromatic nitrogens is 2. The number of nitrogens with zero attached hydrogens (tertiary/aromatic N) is 2. The number of hydrogen-bond acceptors (Lipinski definition) is 2. The molecule has 13 heavy (non-hydrogen) atoms. The molecule has 0 atom stereocenters. The fraction of sp³-hybridized carbons (Fsp3) is 0.667. The van der Waals surface area contributed by atoms with E-state index in [0.717, 1.165) is 25.7 Å². The predicted molar refractivity (Wildman–Crippen MR) is 50.7 cm³/mol. The Bertz CT molecular complexity index is 279. The minimum absolute atomic E-state index is 0.112. The summed E-state index contributed by atoms with van der Waals surface area (Å²) in [6.45, 7) is 0. The van der Waals surface area contributed by atoms with Crippen molar-refractivity contribution in [2.45, 2.75) is 37.8 Å². The zero-order valence-corrected chi connectivity index (χ0v) is 8.11. The van der Waals surface area contributed by atoms with Gasteiger partial charge in [0.25, 0.3) is 0 Å². The molecular formula is C9H13ClN2O. The van der Waals surface area contributed by atoms with Gasteiger partial charge in [-0.15, -0.1) is 0 Å². The molecular weight excluding hydrogens is 188 g/mol. The second kappa shape index (κ2) is 3.68. The van der Waals surface area contributed by atoms with Gasteiger partial charge in [0.2, 0.25) is 5.28 Å². The van der Waals surface area contributed by atoms with Gasteiger partial charge in [0.05, 0.1) is 6.10 Å². The van der Waals surface area contributed by atoms with Crippen molar-refractivity contribution in [1.29, 1.82) is 0 Å². The molecule has 1 saturated carbocycles. The van der Waals surface area contributed by atoms with Crippen molar-refractivity contribution in [3.63, 3.8) is 0 Å². The molecule has 1 aromatic heterocycles. The number of hydrogen-bond donors (Lipinski definition) is 1. The first-order valence-corrected chi connectivity index (χ1v) is 5.01. The first-order valence-electron chi connectivity index (χ1n) is 4.64. The van der Waals surface area contributed by atoms with Gasteiger partial charge in [0.1, 0.15) is 0 Å². The molecule has 1 aliphatic carbocycles. The smallest absolute Gasteiger partial charge is 0.202 e. The largest absolute Gasteiger partial charge is 0.393 e. The van der Waals surface area contributed by atoms with Crippen molar-refractivity contribution in [1.82, 2.24) is 9.55 Å². The molecule has 0 unspecified atom stereocenters. The predicted octanol–water partition coefficient (Wildman–Crippen LogP) is 2.01. The lowest BCUT2D eigenvalue weighted by Crippen LogP contribution is -2.20. The quantitative estimate of drug-likeness (QED) is 0.753. The second-order valence-electron chi connectivity index (χ2n) is 3.57. The van der Waals surface area contributed by atoms with Crippen LogP contribution in [0.25, 0.3) is 0 Å². The summed E-state index contributed by atoms with van der Waals surface area (Å²) >= 11 is 5.90. The van der Waals surface area contributed by atoms with Crippen molar-refractivity contribution in [2.24, 2.45) is 0 Å². The van der Waals surface area contributed by atoms with Gasteiger partial charge in [-0.25, -0.2) is 4.98 Å². The Balaban J connectivity index is 2.06. The van der Waals surface area contributed by atoms with Crippen LogP contribution in [-0.2, 0) is 0 Å². The van der Waals surface area contributed by atoms with Gasteiger partial charge in [-0.2, -0.15) is 0 Å². The molecule has 1 heterocycles. The van der Waals surface area contributed by atoms with Crippen molar-refractivity contribution in [3.8, 4) is 0 Å². The van der Waals surface area contributed by atoms with Crippen LogP contribution in [0.5, 0.6) is 0 Å². The highest BCUT2D eigenvalue weighted by Gasteiger charge is 2.21. The van der Waals surface area contributed by atoms with Gasteiger partial charge in [-0.1, -0.05) is 0 Å². The molecule has 0 radical (unpaired) electrons. The lowest BCUT2D eigenvalue weighted by molar-refractivity contribution is 0.111. The number of imidazole rings is 1. The molecule has 2 rings (SSSR count). The van der Waals surface area contributed by atoms with E-state index in [1.807, 2.05) is 10.8 Å². The standard InChI is InChI=1S/C9H13ClN2O/c10-9-11-5-6-12(9)7-1-3-8(13)4-2-7/h5-8,13H,1-4H2. The molecule has 1 aliphatic rings. The topological polar surface area (TPSA) is 38.0 Å². The van der Waals surface area contributed by atoms with Crippen LogP contribution in [0.4, 0.5) is 0 Å². The maximum atomic E-state index is 9.34. The lowest BCUT2D eigenvalue weighted by Gasteiger charge is -2.26. The van der Waals surface area contributed by atoms with Crippen molar-refractivity contribution in [3.05, 3.63) is 17.7 Å². The monoisotopic (exact) mass is 200 g/mol. The van der Waals surface area contributed by atoms with Gasteiger partial charge < -0.3 is 9.67 Å². The highest BCUT2D eigenvalue weighted by molar-refractivity contribution is 6.28. The van der Waals surface area contributed by atoms with Gasteiger partial charge in [0.15, 0.2) is 0 Å². The molecule has 3 nitrogen and oxygen atoms in total. The third-order valence-corrected chi connectivity index (χ3v) is 2.97. The van der Waals surface area contributed by atoms with Crippen LogP contribution in [-0.4, -0.2) is 20.8 Å². The van der Waals surface area contributed by atoms with E-state index < -0.39 is 0 Å². The summed E-state index contributed by atoms with van der Waals surface area (Å²) in [5.41, 5.74) is 0. The number of aliphatic hydroxyl groups excluding tert-OH is 1. The Morgan fingerprint density at radius 2 is 2.08 bits per heavy atom. The van der Waals surface area contributed by atoms with Crippen molar-refractivity contribution >= 4 is 11.6 Å². The van der Waals surface area contributed by atoms with Gasteiger partial charge in [-0.05, 0) is 37.3 Å². The van der Waals surface area contributed by atoms with Crippen LogP contribution in [0.2, 0.25) is 5.28 Å². The summed E-state index contributed by atoms with van der Waals surface area (Å²) in [6, 6.07) is 0.429. The molecule has 0 amide bonds. The number of aliphatic hydroxyl groups is 1. The molecule has 0 aromatic carbocycles. The molecule has 0 aliphatic heterocycles. The third-order valence-electron chi connectivity index (χ3n) is 2.68. The van der Waals surface area contributed by atoms with Crippen LogP contribution >= 0.6 is 11.6 Å².